The minimum absolute atomic E-state index is 0.00436. The molecular formula is C31H35BrO7. The fourth-order valence-corrected chi connectivity index (χ4v) is 3.45. The Balaban J connectivity index is 0.000000528. The molecule has 0 aliphatic carbocycles. The van der Waals surface area contributed by atoms with Gasteiger partial charge >= 0.3 is 17.9 Å². The maximum atomic E-state index is 12.3. The van der Waals surface area contributed by atoms with Gasteiger partial charge in [0.15, 0.2) is 0 Å². The molecule has 3 aromatic rings. The Bertz CT molecular complexity index is 1190. The number of hydrogen-bond donors (Lipinski definition) is 1. The second kappa shape index (κ2) is 17.7. The molecule has 0 aromatic heterocycles. The van der Waals surface area contributed by atoms with Crippen LogP contribution in [0.15, 0.2) is 72.8 Å². The third kappa shape index (κ3) is 12.1. The van der Waals surface area contributed by atoms with Gasteiger partial charge in [-0.3, -0.25) is 0 Å². The molecule has 0 radical (unpaired) electrons. The van der Waals surface area contributed by atoms with E-state index in [-0.39, 0.29) is 13.0 Å². The van der Waals surface area contributed by atoms with Crippen LogP contribution >= 0.6 is 15.9 Å². The van der Waals surface area contributed by atoms with Gasteiger partial charge < -0.3 is 19.4 Å². The number of rotatable bonds is 9. The third-order valence-electron chi connectivity index (χ3n) is 5.24. The van der Waals surface area contributed by atoms with Crippen LogP contribution < -0.4 is 0 Å². The minimum atomic E-state index is -0.875. The van der Waals surface area contributed by atoms with Crippen molar-refractivity contribution in [2.75, 3.05) is 6.61 Å². The van der Waals surface area contributed by atoms with Crippen LogP contribution in [-0.2, 0) is 14.3 Å². The van der Waals surface area contributed by atoms with E-state index in [2.05, 4.69) is 15.9 Å². The van der Waals surface area contributed by atoms with Gasteiger partial charge in [0, 0.05) is 6.42 Å². The van der Waals surface area contributed by atoms with Crippen LogP contribution in [0.3, 0.4) is 0 Å². The van der Waals surface area contributed by atoms with Crippen LogP contribution in [0.2, 0.25) is 0 Å². The Hall–Kier alpha value is -3.78. The Labute approximate surface area is 238 Å². The lowest BCUT2D eigenvalue weighted by Gasteiger charge is -2.21. The number of aromatic carboxylic acids is 1. The lowest BCUT2D eigenvalue weighted by molar-refractivity contribution is -0.109. The van der Waals surface area contributed by atoms with Crippen molar-refractivity contribution in [3.8, 4) is 0 Å². The zero-order valence-corrected chi connectivity index (χ0v) is 24.4. The Kier molecular flexibility index (Phi) is 15.1. The number of halogens is 1. The molecule has 3 aromatic carbocycles. The van der Waals surface area contributed by atoms with E-state index in [1.165, 1.54) is 0 Å². The van der Waals surface area contributed by atoms with Crippen LogP contribution in [0, 0.1) is 20.8 Å². The van der Waals surface area contributed by atoms with E-state index in [9.17, 15) is 19.2 Å². The number of aldehydes is 1. The van der Waals surface area contributed by atoms with Crippen LogP contribution in [-0.4, -0.2) is 46.8 Å². The summed E-state index contributed by atoms with van der Waals surface area (Å²) in [6, 6.07) is 20.7. The van der Waals surface area contributed by atoms with Gasteiger partial charge in [-0.15, -0.1) is 0 Å². The van der Waals surface area contributed by atoms with Crippen molar-refractivity contribution >= 4 is 40.1 Å². The summed E-state index contributed by atoms with van der Waals surface area (Å²) >= 11 is 3.36. The Morgan fingerprint density at radius 3 is 1.51 bits per heavy atom. The predicted octanol–water partition coefficient (Wildman–Crippen LogP) is 6.76. The summed E-state index contributed by atoms with van der Waals surface area (Å²) in [5.74, 6) is -1.88. The summed E-state index contributed by atoms with van der Waals surface area (Å²) in [6.07, 6.45) is -0.0826. The maximum absolute atomic E-state index is 12.3. The molecule has 7 nitrogen and oxygen atoms in total. The predicted molar refractivity (Wildman–Crippen MR) is 155 cm³/mol. The van der Waals surface area contributed by atoms with Gasteiger partial charge in [0.2, 0.25) is 0 Å². The molecule has 0 spiro atoms. The molecule has 0 saturated carbocycles. The molecule has 0 aliphatic rings. The van der Waals surface area contributed by atoms with E-state index >= 15 is 0 Å². The molecule has 8 heteroatoms. The number of ether oxygens (including phenoxy) is 2. The number of aryl methyl sites for hydroxylation is 3. The van der Waals surface area contributed by atoms with Crippen molar-refractivity contribution in [3.05, 3.63) is 106 Å². The van der Waals surface area contributed by atoms with Crippen LogP contribution in [0.5, 0.6) is 0 Å². The van der Waals surface area contributed by atoms with E-state index in [0.29, 0.717) is 23.0 Å². The van der Waals surface area contributed by atoms with Crippen molar-refractivity contribution in [1.82, 2.24) is 0 Å². The fourth-order valence-electron chi connectivity index (χ4n) is 2.99. The van der Waals surface area contributed by atoms with E-state index in [1.54, 1.807) is 60.7 Å². The number of benzene rings is 3. The molecule has 2 atom stereocenters. The Morgan fingerprint density at radius 2 is 1.13 bits per heavy atom. The third-order valence-corrected chi connectivity index (χ3v) is 6.09. The molecule has 0 aliphatic heterocycles. The average molecular weight is 600 g/mol. The first-order valence-electron chi connectivity index (χ1n) is 12.5. The summed E-state index contributed by atoms with van der Waals surface area (Å²) in [4.78, 5) is 45.1. The van der Waals surface area contributed by atoms with Crippen molar-refractivity contribution in [2.45, 2.75) is 52.0 Å². The lowest BCUT2D eigenvalue weighted by atomic mass is 10.1. The average Bonchev–Trinajstić information content (AvgIpc) is 2.93. The summed E-state index contributed by atoms with van der Waals surface area (Å²) in [5.41, 5.74) is 4.31. The minimum Gasteiger partial charge on any atom is -0.478 e. The first-order valence-corrected chi connectivity index (χ1v) is 13.4. The molecule has 0 fully saturated rings. The van der Waals surface area contributed by atoms with E-state index in [0.717, 1.165) is 16.7 Å². The van der Waals surface area contributed by atoms with Crippen LogP contribution in [0.4, 0.5) is 0 Å². The summed E-state index contributed by atoms with van der Waals surface area (Å²) < 4.78 is 10.7. The molecule has 1 N–H and O–H groups in total. The van der Waals surface area contributed by atoms with Gasteiger partial charge in [-0.25, -0.2) is 14.4 Å². The molecule has 208 valence electrons. The number of carboxylic acids is 1. The van der Waals surface area contributed by atoms with Crippen LogP contribution in [0.25, 0.3) is 0 Å². The van der Waals surface area contributed by atoms with Crippen molar-refractivity contribution in [2.24, 2.45) is 0 Å². The largest absolute Gasteiger partial charge is 0.478 e. The zero-order valence-electron chi connectivity index (χ0n) is 22.8. The monoisotopic (exact) mass is 598 g/mol. The molecular weight excluding hydrogens is 564 g/mol. The van der Waals surface area contributed by atoms with Gasteiger partial charge in [-0.05, 0) is 57.2 Å². The molecule has 0 amide bonds. The molecule has 0 heterocycles. The molecule has 0 bridgehead atoms. The lowest BCUT2D eigenvalue weighted by Crippen LogP contribution is -2.32. The van der Waals surface area contributed by atoms with Crippen LogP contribution in [0.1, 0.15) is 68.0 Å². The fraction of sp³-hybridized carbons (Fsp3) is 0.290. The van der Waals surface area contributed by atoms with Gasteiger partial charge in [0.1, 0.15) is 19.0 Å². The van der Waals surface area contributed by atoms with Gasteiger partial charge in [0.25, 0.3) is 0 Å². The standard InChI is InChI=1S/C21H21BrO5.C8H8O2.C2H6/c1-14-3-7-16(8-4-14)20(24)26-13-18(22)19(11-12-23)27-21(25)17-9-5-15(2)6-10-17;1-6-2-4-7(5-3-6)8(9)10;1-2/h3-10,12,18-19H,11,13H2,1-2H3;2-5H,1H3,(H,9,10);1-2H3/t18-,19-;;/m1../s1. The number of carbonyl (C=O) groups excluding carboxylic acids is 3. The second-order valence-corrected chi connectivity index (χ2v) is 9.54. The first kappa shape index (κ1) is 33.2. The molecule has 3 rings (SSSR count). The van der Waals surface area contributed by atoms with Crippen molar-refractivity contribution in [1.29, 1.82) is 0 Å². The van der Waals surface area contributed by atoms with Crippen molar-refractivity contribution < 1.29 is 33.8 Å². The number of carbonyl (C=O) groups is 4. The number of alkyl halides is 1. The molecule has 39 heavy (non-hydrogen) atoms. The normalized spacial score (nSPS) is 11.3. The van der Waals surface area contributed by atoms with Gasteiger partial charge in [-0.1, -0.05) is 82.9 Å². The molecule has 0 unspecified atom stereocenters. The first-order chi connectivity index (χ1) is 18.6. The highest BCUT2D eigenvalue weighted by atomic mass is 79.9. The Morgan fingerprint density at radius 1 is 0.744 bits per heavy atom. The van der Waals surface area contributed by atoms with Gasteiger partial charge in [-0.2, -0.15) is 0 Å². The van der Waals surface area contributed by atoms with Crippen molar-refractivity contribution in [3.63, 3.8) is 0 Å². The molecule has 0 saturated heterocycles. The maximum Gasteiger partial charge on any atom is 0.338 e. The second-order valence-electron chi connectivity index (χ2n) is 8.36. The highest BCUT2D eigenvalue weighted by Crippen LogP contribution is 2.17. The quantitative estimate of drug-likeness (QED) is 0.165. The highest BCUT2D eigenvalue weighted by molar-refractivity contribution is 9.09. The van der Waals surface area contributed by atoms with Gasteiger partial charge in [0.05, 0.1) is 21.5 Å². The summed E-state index contributed by atoms with van der Waals surface area (Å²) in [7, 11) is 0. The summed E-state index contributed by atoms with van der Waals surface area (Å²) in [5, 5.41) is 8.48. The number of hydrogen-bond acceptors (Lipinski definition) is 6. The van der Waals surface area contributed by atoms with E-state index in [1.807, 2.05) is 46.8 Å². The van der Waals surface area contributed by atoms with E-state index in [4.69, 9.17) is 14.6 Å². The SMILES string of the molecule is CC.Cc1ccc(C(=O)O)cc1.Cc1ccc(C(=O)OC[C@@H](Br)[C@@H](CC=O)OC(=O)c2ccc(C)cc2)cc1. The zero-order chi connectivity index (χ0) is 29.4. The number of carboxylic acid groups (broad SMARTS) is 1. The highest BCUT2D eigenvalue weighted by Gasteiger charge is 2.25. The number of esters is 2. The topological polar surface area (TPSA) is 107 Å². The summed E-state index contributed by atoms with van der Waals surface area (Å²) in [6.45, 7) is 9.73. The smallest absolute Gasteiger partial charge is 0.338 e. The van der Waals surface area contributed by atoms with E-state index < -0.39 is 28.8 Å².